The lowest BCUT2D eigenvalue weighted by Crippen LogP contribution is -2.24. The third-order valence-corrected chi connectivity index (χ3v) is 3.71. The molecule has 23 heavy (non-hydrogen) atoms. The van der Waals surface area contributed by atoms with Crippen LogP contribution in [0.25, 0.3) is 11.1 Å². The van der Waals surface area contributed by atoms with Gasteiger partial charge in [-0.05, 0) is 35.9 Å². The Morgan fingerprint density at radius 3 is 2.48 bits per heavy atom. The van der Waals surface area contributed by atoms with E-state index in [0.717, 1.165) is 30.3 Å². The van der Waals surface area contributed by atoms with Gasteiger partial charge in [0.25, 0.3) is 0 Å². The minimum atomic E-state index is -4.60. The zero-order valence-corrected chi connectivity index (χ0v) is 11.8. The number of halogens is 5. The van der Waals surface area contributed by atoms with Gasteiger partial charge >= 0.3 is 6.18 Å². The highest BCUT2D eigenvalue weighted by Gasteiger charge is 2.35. The van der Waals surface area contributed by atoms with Crippen molar-refractivity contribution in [2.45, 2.75) is 18.7 Å². The summed E-state index contributed by atoms with van der Waals surface area (Å²) in [4.78, 5) is 0. The van der Waals surface area contributed by atoms with E-state index in [4.69, 9.17) is 10.5 Å². The van der Waals surface area contributed by atoms with Crippen molar-refractivity contribution in [3.05, 3.63) is 53.1 Å². The summed E-state index contributed by atoms with van der Waals surface area (Å²) in [6.07, 6.45) is -4.89. The SMILES string of the molecule is NCC1Cc2cc(C(F)(F)F)cc(-c3cc(F)ccc3F)c2O1. The summed E-state index contributed by atoms with van der Waals surface area (Å²) in [5.74, 6) is -1.45. The van der Waals surface area contributed by atoms with Gasteiger partial charge < -0.3 is 10.5 Å². The molecule has 0 aromatic heterocycles. The highest BCUT2D eigenvalue weighted by atomic mass is 19.4. The van der Waals surface area contributed by atoms with Crippen LogP contribution in [0.3, 0.4) is 0 Å². The number of ether oxygens (including phenoxy) is 1. The number of benzene rings is 2. The van der Waals surface area contributed by atoms with Crippen molar-refractivity contribution >= 4 is 0 Å². The Morgan fingerprint density at radius 2 is 1.83 bits per heavy atom. The molecule has 3 rings (SSSR count). The Kier molecular flexibility index (Phi) is 3.75. The largest absolute Gasteiger partial charge is 0.488 e. The van der Waals surface area contributed by atoms with Gasteiger partial charge in [-0.2, -0.15) is 13.2 Å². The molecular formula is C16H12F5NO. The molecule has 2 aromatic rings. The molecule has 0 radical (unpaired) electrons. The minimum Gasteiger partial charge on any atom is -0.488 e. The van der Waals surface area contributed by atoms with Crippen molar-refractivity contribution in [2.75, 3.05) is 6.54 Å². The quantitative estimate of drug-likeness (QED) is 0.848. The van der Waals surface area contributed by atoms with Crippen molar-refractivity contribution in [1.29, 1.82) is 0 Å². The van der Waals surface area contributed by atoms with Crippen LogP contribution in [0.4, 0.5) is 22.0 Å². The van der Waals surface area contributed by atoms with Gasteiger partial charge in [0.2, 0.25) is 0 Å². The van der Waals surface area contributed by atoms with Crippen LogP contribution in [-0.2, 0) is 12.6 Å². The van der Waals surface area contributed by atoms with Crippen molar-refractivity contribution < 1.29 is 26.7 Å². The molecule has 0 amide bonds. The highest BCUT2D eigenvalue weighted by Crippen LogP contribution is 2.44. The summed E-state index contributed by atoms with van der Waals surface area (Å²) in [5, 5.41) is 0. The van der Waals surface area contributed by atoms with Crippen LogP contribution in [0.15, 0.2) is 30.3 Å². The monoisotopic (exact) mass is 329 g/mol. The molecule has 1 unspecified atom stereocenters. The fourth-order valence-corrected chi connectivity index (χ4v) is 2.63. The molecule has 2 aromatic carbocycles. The Hall–Kier alpha value is -2.15. The van der Waals surface area contributed by atoms with Crippen LogP contribution in [0.2, 0.25) is 0 Å². The average Bonchev–Trinajstić information content (AvgIpc) is 2.91. The number of nitrogens with two attached hydrogens (primary N) is 1. The van der Waals surface area contributed by atoms with E-state index in [9.17, 15) is 22.0 Å². The van der Waals surface area contributed by atoms with E-state index in [1.54, 1.807) is 0 Å². The second-order valence-corrected chi connectivity index (χ2v) is 5.31. The third-order valence-electron chi connectivity index (χ3n) is 3.71. The van der Waals surface area contributed by atoms with Gasteiger partial charge in [0.15, 0.2) is 0 Å². The molecule has 0 bridgehead atoms. The first-order valence-corrected chi connectivity index (χ1v) is 6.86. The van der Waals surface area contributed by atoms with Crippen LogP contribution in [0.1, 0.15) is 11.1 Å². The molecule has 0 saturated carbocycles. The van der Waals surface area contributed by atoms with Gasteiger partial charge in [0, 0.05) is 24.1 Å². The van der Waals surface area contributed by atoms with Crippen molar-refractivity contribution in [1.82, 2.24) is 0 Å². The molecule has 1 aliphatic heterocycles. The zero-order valence-electron chi connectivity index (χ0n) is 11.8. The summed E-state index contributed by atoms with van der Waals surface area (Å²) < 4.78 is 72.2. The van der Waals surface area contributed by atoms with E-state index in [-0.39, 0.29) is 35.4 Å². The number of hydrogen-bond acceptors (Lipinski definition) is 2. The van der Waals surface area contributed by atoms with Gasteiger partial charge in [-0.1, -0.05) is 0 Å². The lowest BCUT2D eigenvalue weighted by Gasteiger charge is -2.15. The molecule has 0 aliphatic carbocycles. The smallest absolute Gasteiger partial charge is 0.416 e. The Balaban J connectivity index is 2.23. The molecule has 7 heteroatoms. The standard InChI is InChI=1S/C16H12F5NO/c17-10-1-2-14(18)12(6-10)13-5-9(16(19,20)21)3-8-4-11(7-22)23-15(8)13/h1-3,5-6,11H,4,7,22H2. The van der Waals surface area contributed by atoms with E-state index in [0.29, 0.717) is 0 Å². The zero-order chi connectivity index (χ0) is 16.8. The molecule has 2 N–H and O–H groups in total. The minimum absolute atomic E-state index is 0.112. The van der Waals surface area contributed by atoms with Crippen LogP contribution in [0, 0.1) is 11.6 Å². The molecule has 1 atom stereocenters. The molecule has 0 fully saturated rings. The maximum atomic E-state index is 14.0. The summed E-state index contributed by atoms with van der Waals surface area (Å²) in [6, 6.07) is 4.36. The molecule has 2 nitrogen and oxygen atoms in total. The molecule has 122 valence electrons. The fourth-order valence-electron chi connectivity index (χ4n) is 2.63. The Morgan fingerprint density at radius 1 is 1.09 bits per heavy atom. The molecule has 1 aliphatic rings. The molecule has 1 heterocycles. The van der Waals surface area contributed by atoms with Gasteiger partial charge in [-0.3, -0.25) is 0 Å². The summed E-state index contributed by atoms with van der Waals surface area (Å²) in [6.45, 7) is 0.112. The number of hydrogen-bond donors (Lipinski definition) is 1. The predicted molar refractivity (Wildman–Crippen MR) is 74.0 cm³/mol. The summed E-state index contributed by atoms with van der Waals surface area (Å²) >= 11 is 0. The van der Waals surface area contributed by atoms with Gasteiger partial charge in [-0.15, -0.1) is 0 Å². The maximum Gasteiger partial charge on any atom is 0.416 e. The normalized spacial score (nSPS) is 17.0. The second kappa shape index (κ2) is 5.49. The Labute approximate surface area is 128 Å². The van der Waals surface area contributed by atoms with E-state index in [1.165, 1.54) is 0 Å². The van der Waals surface area contributed by atoms with Gasteiger partial charge in [0.05, 0.1) is 5.56 Å². The van der Waals surface area contributed by atoms with Crippen LogP contribution >= 0.6 is 0 Å². The number of alkyl halides is 3. The lowest BCUT2D eigenvalue weighted by molar-refractivity contribution is -0.137. The summed E-state index contributed by atoms with van der Waals surface area (Å²) in [5.41, 5.74) is 4.45. The molecule has 0 saturated heterocycles. The van der Waals surface area contributed by atoms with Gasteiger partial charge in [0.1, 0.15) is 23.5 Å². The first-order chi connectivity index (χ1) is 10.8. The predicted octanol–water partition coefficient (Wildman–Crippen LogP) is 3.91. The van der Waals surface area contributed by atoms with Crippen molar-refractivity contribution in [2.24, 2.45) is 5.73 Å². The first kappa shape index (κ1) is 15.7. The topological polar surface area (TPSA) is 35.2 Å². The maximum absolute atomic E-state index is 14.0. The lowest BCUT2D eigenvalue weighted by atomic mass is 9.96. The van der Waals surface area contributed by atoms with E-state index >= 15 is 0 Å². The second-order valence-electron chi connectivity index (χ2n) is 5.31. The van der Waals surface area contributed by atoms with E-state index in [2.05, 4.69) is 0 Å². The highest BCUT2D eigenvalue weighted by molar-refractivity contribution is 5.74. The van der Waals surface area contributed by atoms with Crippen LogP contribution in [-0.4, -0.2) is 12.6 Å². The van der Waals surface area contributed by atoms with E-state index < -0.39 is 29.5 Å². The number of fused-ring (bicyclic) bond motifs is 1. The third kappa shape index (κ3) is 2.88. The average molecular weight is 329 g/mol. The Bertz CT molecular complexity index is 757. The van der Waals surface area contributed by atoms with Crippen LogP contribution < -0.4 is 10.5 Å². The summed E-state index contributed by atoms with van der Waals surface area (Å²) in [7, 11) is 0. The van der Waals surface area contributed by atoms with E-state index in [1.807, 2.05) is 0 Å². The van der Waals surface area contributed by atoms with Crippen molar-refractivity contribution in [3.63, 3.8) is 0 Å². The van der Waals surface area contributed by atoms with Crippen LogP contribution in [0.5, 0.6) is 5.75 Å². The fraction of sp³-hybridized carbons (Fsp3) is 0.250. The first-order valence-electron chi connectivity index (χ1n) is 6.86. The molecular weight excluding hydrogens is 317 g/mol. The van der Waals surface area contributed by atoms with Gasteiger partial charge in [-0.25, -0.2) is 8.78 Å². The number of rotatable bonds is 2. The van der Waals surface area contributed by atoms with Crippen molar-refractivity contribution in [3.8, 4) is 16.9 Å². The molecule has 0 spiro atoms.